The zero-order chi connectivity index (χ0) is 13.1. The minimum Gasteiger partial charge on any atom is -0.283 e. The first-order valence-electron chi connectivity index (χ1n) is 5.63. The summed E-state index contributed by atoms with van der Waals surface area (Å²) in [6.45, 7) is 5.78. The van der Waals surface area contributed by atoms with Crippen molar-refractivity contribution in [2.75, 3.05) is 10.5 Å². The van der Waals surface area contributed by atoms with Gasteiger partial charge in [0.1, 0.15) is 0 Å². The minimum atomic E-state index is -3.24. The quantitative estimate of drug-likeness (QED) is 0.904. The number of sulfonamides is 1. The molecule has 0 radical (unpaired) electrons. The van der Waals surface area contributed by atoms with E-state index in [4.69, 9.17) is 0 Å². The third-order valence-corrected chi connectivity index (χ3v) is 4.40. The third kappa shape index (κ3) is 4.68. The lowest BCUT2D eigenvalue weighted by Gasteiger charge is -2.13. The summed E-state index contributed by atoms with van der Waals surface area (Å²) < 4.78 is 27.3. The van der Waals surface area contributed by atoms with E-state index in [9.17, 15) is 8.42 Å². The first kappa shape index (κ1) is 14.5. The summed E-state index contributed by atoms with van der Waals surface area (Å²) in [5.74, 6) is 0.264. The van der Waals surface area contributed by atoms with Crippen LogP contribution in [-0.2, 0) is 16.4 Å². The number of halogens is 1. The van der Waals surface area contributed by atoms with Crippen LogP contribution in [-0.4, -0.2) is 14.2 Å². The SMILES string of the molecule is CCc1cc(Br)ccc1NS(=O)(=O)CC(C)C. The van der Waals surface area contributed by atoms with Crippen molar-refractivity contribution in [2.24, 2.45) is 5.92 Å². The van der Waals surface area contributed by atoms with Crippen LogP contribution < -0.4 is 4.72 Å². The topological polar surface area (TPSA) is 46.2 Å². The molecular formula is C12H18BrNO2S. The second-order valence-electron chi connectivity index (χ2n) is 4.43. The molecule has 0 fully saturated rings. The number of anilines is 1. The van der Waals surface area contributed by atoms with Crippen LogP contribution >= 0.6 is 15.9 Å². The normalized spacial score (nSPS) is 11.8. The molecule has 1 N–H and O–H groups in total. The Hall–Kier alpha value is -0.550. The van der Waals surface area contributed by atoms with Crippen molar-refractivity contribution in [3.8, 4) is 0 Å². The predicted octanol–water partition coefficient (Wildman–Crippen LogP) is 3.41. The average molecular weight is 320 g/mol. The summed E-state index contributed by atoms with van der Waals surface area (Å²) >= 11 is 3.38. The largest absolute Gasteiger partial charge is 0.283 e. The first-order chi connectivity index (χ1) is 7.84. The maximum atomic E-state index is 11.8. The number of benzene rings is 1. The molecule has 1 aromatic rings. The molecule has 0 saturated heterocycles. The summed E-state index contributed by atoms with van der Waals surface area (Å²) in [5, 5.41) is 0. The molecule has 17 heavy (non-hydrogen) atoms. The van der Waals surface area contributed by atoms with Gasteiger partial charge in [0.2, 0.25) is 10.0 Å². The Labute approximate surface area is 112 Å². The zero-order valence-electron chi connectivity index (χ0n) is 10.3. The van der Waals surface area contributed by atoms with Gasteiger partial charge >= 0.3 is 0 Å². The summed E-state index contributed by atoms with van der Waals surface area (Å²) in [6.07, 6.45) is 0.791. The van der Waals surface area contributed by atoms with Crippen molar-refractivity contribution in [1.82, 2.24) is 0 Å². The minimum absolute atomic E-state index is 0.119. The van der Waals surface area contributed by atoms with Crippen molar-refractivity contribution in [2.45, 2.75) is 27.2 Å². The molecule has 0 atom stereocenters. The highest BCUT2D eigenvalue weighted by Crippen LogP contribution is 2.22. The fourth-order valence-electron chi connectivity index (χ4n) is 1.60. The molecule has 1 aromatic carbocycles. The summed E-state index contributed by atoms with van der Waals surface area (Å²) in [4.78, 5) is 0. The Morgan fingerprint density at radius 2 is 2.00 bits per heavy atom. The molecule has 0 spiro atoms. The Bertz CT molecular complexity index is 483. The molecule has 0 aromatic heterocycles. The van der Waals surface area contributed by atoms with E-state index in [-0.39, 0.29) is 11.7 Å². The maximum Gasteiger partial charge on any atom is 0.232 e. The van der Waals surface area contributed by atoms with Gasteiger partial charge in [-0.3, -0.25) is 4.72 Å². The lowest BCUT2D eigenvalue weighted by Crippen LogP contribution is -2.20. The van der Waals surface area contributed by atoms with E-state index in [1.54, 1.807) is 6.07 Å². The summed E-state index contributed by atoms with van der Waals surface area (Å²) in [6, 6.07) is 5.57. The van der Waals surface area contributed by atoms with E-state index in [0.29, 0.717) is 5.69 Å². The number of hydrogen-bond donors (Lipinski definition) is 1. The fraction of sp³-hybridized carbons (Fsp3) is 0.500. The van der Waals surface area contributed by atoms with Gasteiger partial charge in [0.05, 0.1) is 11.4 Å². The lowest BCUT2D eigenvalue weighted by atomic mass is 10.1. The van der Waals surface area contributed by atoms with Gasteiger partial charge in [0.15, 0.2) is 0 Å². The van der Waals surface area contributed by atoms with Gasteiger partial charge in [0.25, 0.3) is 0 Å². The molecule has 5 heteroatoms. The molecule has 0 amide bonds. The van der Waals surface area contributed by atoms with Gasteiger partial charge in [-0.25, -0.2) is 8.42 Å². The lowest BCUT2D eigenvalue weighted by molar-refractivity contribution is 0.587. The Balaban J connectivity index is 2.95. The molecule has 3 nitrogen and oxygen atoms in total. The number of aryl methyl sites for hydroxylation is 1. The second kappa shape index (κ2) is 5.87. The van der Waals surface area contributed by atoms with E-state index < -0.39 is 10.0 Å². The van der Waals surface area contributed by atoms with Crippen LogP contribution in [0, 0.1) is 5.92 Å². The van der Waals surface area contributed by atoms with Crippen LogP contribution in [0.3, 0.4) is 0 Å². The van der Waals surface area contributed by atoms with Crippen LogP contribution in [0.25, 0.3) is 0 Å². The molecular weight excluding hydrogens is 302 g/mol. The molecule has 0 saturated carbocycles. The Kier molecular flexibility index (Phi) is 5.01. The van der Waals surface area contributed by atoms with Gasteiger partial charge in [-0.2, -0.15) is 0 Å². The zero-order valence-corrected chi connectivity index (χ0v) is 12.7. The van der Waals surface area contributed by atoms with Crippen molar-refractivity contribution >= 4 is 31.6 Å². The predicted molar refractivity (Wildman–Crippen MR) is 75.8 cm³/mol. The highest BCUT2D eigenvalue weighted by molar-refractivity contribution is 9.10. The third-order valence-electron chi connectivity index (χ3n) is 2.27. The highest BCUT2D eigenvalue weighted by atomic mass is 79.9. The second-order valence-corrected chi connectivity index (χ2v) is 7.11. The maximum absolute atomic E-state index is 11.8. The fourth-order valence-corrected chi connectivity index (χ4v) is 3.51. The Morgan fingerprint density at radius 3 is 2.53 bits per heavy atom. The van der Waals surface area contributed by atoms with Gasteiger partial charge in [-0.05, 0) is 36.1 Å². The average Bonchev–Trinajstić information content (AvgIpc) is 2.18. The van der Waals surface area contributed by atoms with Gasteiger partial charge < -0.3 is 0 Å². The molecule has 0 bridgehead atoms. The molecule has 96 valence electrons. The van der Waals surface area contributed by atoms with Crippen LogP contribution in [0.2, 0.25) is 0 Å². The summed E-state index contributed by atoms with van der Waals surface area (Å²) in [7, 11) is -3.24. The molecule has 1 rings (SSSR count). The van der Waals surface area contributed by atoms with E-state index >= 15 is 0 Å². The Morgan fingerprint density at radius 1 is 1.35 bits per heavy atom. The van der Waals surface area contributed by atoms with Crippen molar-refractivity contribution in [1.29, 1.82) is 0 Å². The monoisotopic (exact) mass is 319 g/mol. The van der Waals surface area contributed by atoms with Gasteiger partial charge in [-0.15, -0.1) is 0 Å². The molecule has 0 aliphatic rings. The van der Waals surface area contributed by atoms with Crippen molar-refractivity contribution in [3.63, 3.8) is 0 Å². The summed E-state index contributed by atoms with van der Waals surface area (Å²) in [5.41, 5.74) is 1.67. The van der Waals surface area contributed by atoms with E-state index in [1.165, 1.54) is 0 Å². The molecule has 0 aliphatic carbocycles. The van der Waals surface area contributed by atoms with Gasteiger partial charge in [-0.1, -0.05) is 36.7 Å². The van der Waals surface area contributed by atoms with Crippen LogP contribution in [0.15, 0.2) is 22.7 Å². The van der Waals surface area contributed by atoms with E-state index in [1.807, 2.05) is 32.9 Å². The standard InChI is InChI=1S/C12H18BrNO2S/c1-4-10-7-11(13)5-6-12(10)14-17(15,16)8-9(2)3/h5-7,9,14H,4,8H2,1-3H3. The van der Waals surface area contributed by atoms with Crippen LogP contribution in [0.5, 0.6) is 0 Å². The molecule has 0 heterocycles. The van der Waals surface area contributed by atoms with E-state index in [0.717, 1.165) is 16.5 Å². The number of hydrogen-bond acceptors (Lipinski definition) is 2. The van der Waals surface area contributed by atoms with Crippen molar-refractivity contribution < 1.29 is 8.42 Å². The van der Waals surface area contributed by atoms with Gasteiger partial charge in [0, 0.05) is 4.47 Å². The molecule has 0 aliphatic heterocycles. The van der Waals surface area contributed by atoms with Crippen molar-refractivity contribution in [3.05, 3.63) is 28.2 Å². The van der Waals surface area contributed by atoms with Crippen LogP contribution in [0.4, 0.5) is 5.69 Å². The van der Waals surface area contributed by atoms with Crippen LogP contribution in [0.1, 0.15) is 26.3 Å². The van der Waals surface area contributed by atoms with E-state index in [2.05, 4.69) is 20.7 Å². The number of rotatable bonds is 5. The smallest absolute Gasteiger partial charge is 0.232 e. The highest BCUT2D eigenvalue weighted by Gasteiger charge is 2.14. The number of nitrogens with one attached hydrogen (secondary N) is 1. The first-order valence-corrected chi connectivity index (χ1v) is 8.07. The molecule has 0 unspecified atom stereocenters.